The summed E-state index contributed by atoms with van der Waals surface area (Å²) < 4.78 is 11.2. The van der Waals surface area contributed by atoms with Gasteiger partial charge in [0.2, 0.25) is 0 Å². The van der Waals surface area contributed by atoms with Crippen LogP contribution in [0.4, 0.5) is 0 Å². The average molecular weight is 272 g/mol. The number of ether oxygens (including phenoxy) is 2. The molecule has 0 heterocycles. The zero-order valence-corrected chi connectivity index (χ0v) is 12.9. The Bertz CT molecular complexity index is 212. The van der Waals surface area contributed by atoms with Gasteiger partial charge in [0.25, 0.3) is 0 Å². The van der Waals surface area contributed by atoms with Crippen LogP contribution in [0.1, 0.15) is 52.9 Å². The maximum absolute atomic E-state index is 5.98. The molecule has 0 amide bonds. The predicted octanol–water partition coefficient (Wildman–Crippen LogP) is 2.37. The summed E-state index contributed by atoms with van der Waals surface area (Å²) in [7, 11) is 0. The normalized spacial score (nSPS) is 24.3. The lowest BCUT2D eigenvalue weighted by Gasteiger charge is -2.36. The molecule has 0 aromatic carbocycles. The minimum Gasteiger partial charge on any atom is -0.353 e. The van der Waals surface area contributed by atoms with Crippen molar-refractivity contribution >= 4 is 0 Å². The highest BCUT2D eigenvalue weighted by Crippen LogP contribution is 2.22. The maximum Gasteiger partial charge on any atom is 0.158 e. The molecular formula is C15H32N2O2. The summed E-state index contributed by atoms with van der Waals surface area (Å²) in [6.07, 6.45) is 5.72. The van der Waals surface area contributed by atoms with Crippen LogP contribution in [0.25, 0.3) is 0 Å². The Morgan fingerprint density at radius 3 is 2.11 bits per heavy atom. The quantitative estimate of drug-likeness (QED) is 0.655. The van der Waals surface area contributed by atoms with E-state index >= 15 is 0 Å². The van der Waals surface area contributed by atoms with E-state index < -0.39 is 0 Å². The molecule has 1 aliphatic rings. The number of hydrogen-bond donors (Lipinski definition) is 1. The van der Waals surface area contributed by atoms with E-state index in [1.807, 2.05) is 13.8 Å². The van der Waals surface area contributed by atoms with Crippen LogP contribution in [-0.2, 0) is 9.47 Å². The van der Waals surface area contributed by atoms with Crippen molar-refractivity contribution in [2.45, 2.75) is 71.2 Å². The molecule has 4 nitrogen and oxygen atoms in total. The van der Waals surface area contributed by atoms with Crippen LogP contribution in [-0.4, -0.2) is 49.6 Å². The molecule has 1 aliphatic carbocycles. The molecule has 2 N–H and O–H groups in total. The minimum atomic E-state index is -0.0464. The standard InChI is InChI=1S/C15H32N2O2/c1-4-17(14-9-7-13(16)8-10-14)12-11-15(18-5-2)19-6-3/h13-15H,4-12,16H2,1-3H3. The third kappa shape index (κ3) is 6.21. The zero-order valence-electron chi connectivity index (χ0n) is 12.9. The van der Waals surface area contributed by atoms with Crippen LogP contribution in [0.5, 0.6) is 0 Å². The third-order valence-electron chi connectivity index (χ3n) is 4.02. The molecule has 0 aromatic heterocycles. The largest absolute Gasteiger partial charge is 0.353 e. The average Bonchev–Trinajstić information content (AvgIpc) is 2.41. The van der Waals surface area contributed by atoms with E-state index in [9.17, 15) is 0 Å². The van der Waals surface area contributed by atoms with Gasteiger partial charge in [0.05, 0.1) is 0 Å². The van der Waals surface area contributed by atoms with Crippen LogP contribution in [0.2, 0.25) is 0 Å². The molecule has 0 bridgehead atoms. The van der Waals surface area contributed by atoms with Crippen LogP contribution >= 0.6 is 0 Å². The van der Waals surface area contributed by atoms with Crippen molar-refractivity contribution in [3.63, 3.8) is 0 Å². The predicted molar refractivity (Wildman–Crippen MR) is 79.1 cm³/mol. The van der Waals surface area contributed by atoms with Crippen molar-refractivity contribution in [1.29, 1.82) is 0 Å². The van der Waals surface area contributed by atoms with Gasteiger partial charge in [-0.05, 0) is 46.1 Å². The van der Waals surface area contributed by atoms with Crippen molar-refractivity contribution in [3.8, 4) is 0 Å². The fourth-order valence-electron chi connectivity index (χ4n) is 2.92. The molecule has 1 rings (SSSR count). The summed E-state index contributed by atoms with van der Waals surface area (Å²) in [5.41, 5.74) is 5.98. The van der Waals surface area contributed by atoms with Crippen LogP contribution in [0.3, 0.4) is 0 Å². The van der Waals surface area contributed by atoms with Gasteiger partial charge in [-0.2, -0.15) is 0 Å². The first kappa shape index (κ1) is 16.9. The van der Waals surface area contributed by atoms with Gasteiger partial charge in [0.15, 0.2) is 6.29 Å². The van der Waals surface area contributed by atoms with E-state index in [-0.39, 0.29) is 6.29 Å². The highest BCUT2D eigenvalue weighted by molar-refractivity contribution is 4.80. The number of hydrogen-bond acceptors (Lipinski definition) is 4. The van der Waals surface area contributed by atoms with Crippen molar-refractivity contribution in [3.05, 3.63) is 0 Å². The first-order chi connectivity index (χ1) is 9.21. The first-order valence-corrected chi connectivity index (χ1v) is 7.94. The van der Waals surface area contributed by atoms with Crippen molar-refractivity contribution in [2.75, 3.05) is 26.3 Å². The van der Waals surface area contributed by atoms with Gasteiger partial charge in [-0.15, -0.1) is 0 Å². The third-order valence-corrected chi connectivity index (χ3v) is 4.02. The van der Waals surface area contributed by atoms with E-state index in [1.54, 1.807) is 0 Å². The van der Waals surface area contributed by atoms with Gasteiger partial charge in [-0.1, -0.05) is 6.92 Å². The first-order valence-electron chi connectivity index (χ1n) is 7.94. The fraction of sp³-hybridized carbons (Fsp3) is 1.00. The Labute approximate surface area is 118 Å². The summed E-state index contributed by atoms with van der Waals surface area (Å²) in [6, 6.07) is 1.13. The minimum absolute atomic E-state index is 0.0464. The van der Waals surface area contributed by atoms with Crippen LogP contribution < -0.4 is 5.73 Å². The van der Waals surface area contributed by atoms with Crippen LogP contribution in [0, 0.1) is 0 Å². The Morgan fingerprint density at radius 2 is 1.63 bits per heavy atom. The number of rotatable bonds is 9. The fourth-order valence-corrected chi connectivity index (χ4v) is 2.92. The van der Waals surface area contributed by atoms with Gasteiger partial charge in [-0.3, -0.25) is 0 Å². The maximum atomic E-state index is 5.98. The molecule has 0 atom stereocenters. The number of nitrogens with zero attached hydrogens (tertiary/aromatic N) is 1. The molecule has 0 aliphatic heterocycles. The molecule has 0 aromatic rings. The van der Waals surface area contributed by atoms with Gasteiger partial charge in [0.1, 0.15) is 0 Å². The van der Waals surface area contributed by atoms with E-state index in [1.165, 1.54) is 25.7 Å². The molecule has 0 unspecified atom stereocenters. The SMILES string of the molecule is CCOC(CCN(CC)C1CCC(N)CC1)OCC. The highest BCUT2D eigenvalue weighted by atomic mass is 16.7. The van der Waals surface area contributed by atoms with Crippen LogP contribution in [0.15, 0.2) is 0 Å². The van der Waals surface area contributed by atoms with Gasteiger partial charge >= 0.3 is 0 Å². The van der Waals surface area contributed by atoms with Gasteiger partial charge in [-0.25, -0.2) is 0 Å². The summed E-state index contributed by atoms with van der Waals surface area (Å²) in [5.74, 6) is 0. The Balaban J connectivity index is 2.34. The highest BCUT2D eigenvalue weighted by Gasteiger charge is 2.23. The topological polar surface area (TPSA) is 47.7 Å². The molecule has 1 saturated carbocycles. The van der Waals surface area contributed by atoms with Crippen molar-refractivity contribution in [1.82, 2.24) is 4.90 Å². The van der Waals surface area contributed by atoms with E-state index in [4.69, 9.17) is 15.2 Å². The second kappa shape index (κ2) is 9.70. The van der Waals surface area contributed by atoms with Gasteiger partial charge in [0, 0.05) is 38.3 Å². The summed E-state index contributed by atoms with van der Waals surface area (Å²) in [5, 5.41) is 0. The second-order valence-electron chi connectivity index (χ2n) is 5.33. The Hall–Kier alpha value is -0.160. The van der Waals surface area contributed by atoms with E-state index in [0.29, 0.717) is 12.1 Å². The molecule has 0 spiro atoms. The second-order valence-corrected chi connectivity index (χ2v) is 5.33. The molecule has 0 radical (unpaired) electrons. The smallest absolute Gasteiger partial charge is 0.158 e. The summed E-state index contributed by atoms with van der Waals surface area (Å²) >= 11 is 0. The van der Waals surface area contributed by atoms with E-state index in [0.717, 1.165) is 32.7 Å². The summed E-state index contributed by atoms with van der Waals surface area (Å²) in [4.78, 5) is 2.57. The molecule has 1 fully saturated rings. The van der Waals surface area contributed by atoms with Crippen molar-refractivity contribution < 1.29 is 9.47 Å². The lowest BCUT2D eigenvalue weighted by molar-refractivity contribution is -0.142. The van der Waals surface area contributed by atoms with E-state index in [2.05, 4.69) is 11.8 Å². The Kier molecular flexibility index (Phi) is 8.62. The molecule has 4 heteroatoms. The van der Waals surface area contributed by atoms with Crippen molar-refractivity contribution in [2.24, 2.45) is 5.73 Å². The number of nitrogens with two attached hydrogens (primary N) is 1. The lowest BCUT2D eigenvalue weighted by atomic mass is 9.90. The Morgan fingerprint density at radius 1 is 1.05 bits per heavy atom. The molecular weight excluding hydrogens is 240 g/mol. The molecule has 19 heavy (non-hydrogen) atoms. The molecule has 0 saturated heterocycles. The zero-order chi connectivity index (χ0) is 14.1. The van der Waals surface area contributed by atoms with Gasteiger partial charge < -0.3 is 20.1 Å². The molecule has 114 valence electrons. The summed E-state index contributed by atoms with van der Waals surface area (Å²) in [6.45, 7) is 9.87. The lowest BCUT2D eigenvalue weighted by Crippen LogP contribution is -2.42. The monoisotopic (exact) mass is 272 g/mol.